The average molecular weight is 372 g/mol. The fourth-order valence-corrected chi connectivity index (χ4v) is 3.73. The second-order valence-corrected chi connectivity index (χ2v) is 7.72. The van der Waals surface area contributed by atoms with E-state index in [1.54, 1.807) is 6.07 Å². The van der Waals surface area contributed by atoms with E-state index in [1.807, 2.05) is 0 Å². The molecule has 1 aliphatic rings. The van der Waals surface area contributed by atoms with Crippen LogP contribution in [0.3, 0.4) is 0 Å². The van der Waals surface area contributed by atoms with Gasteiger partial charge in [-0.25, -0.2) is 12.8 Å². The van der Waals surface area contributed by atoms with Crippen LogP contribution >= 0.6 is 11.6 Å². The molecule has 0 saturated carbocycles. The van der Waals surface area contributed by atoms with E-state index in [0.717, 1.165) is 4.31 Å². The molecule has 0 saturated heterocycles. The zero-order chi connectivity index (χ0) is 17.3. The molecule has 0 unspecified atom stereocenters. The summed E-state index contributed by atoms with van der Waals surface area (Å²) in [6, 6.07) is 8.61. The van der Waals surface area contributed by atoms with Crippen LogP contribution in [0, 0.1) is 5.82 Å². The van der Waals surface area contributed by atoms with E-state index in [1.165, 1.54) is 37.4 Å². The topological polar surface area (TPSA) is 55.8 Å². The van der Waals surface area contributed by atoms with Gasteiger partial charge < -0.3 is 9.47 Å². The first-order chi connectivity index (χ1) is 11.4. The van der Waals surface area contributed by atoms with Crippen LogP contribution in [-0.2, 0) is 16.6 Å². The van der Waals surface area contributed by atoms with Crippen molar-refractivity contribution >= 4 is 21.6 Å². The Morgan fingerprint density at radius 2 is 1.88 bits per heavy atom. The van der Waals surface area contributed by atoms with E-state index in [4.69, 9.17) is 21.1 Å². The summed E-state index contributed by atoms with van der Waals surface area (Å²) in [6.45, 7) is 0.601. The highest BCUT2D eigenvalue weighted by atomic mass is 35.5. The number of hydrogen-bond donors (Lipinski definition) is 0. The number of ether oxygens (including phenoxy) is 2. The SMILES string of the molecule is CN(Cc1c(F)cccc1Cl)S(=O)(=O)c1ccc2c(c1)OCCO2. The van der Waals surface area contributed by atoms with E-state index in [9.17, 15) is 12.8 Å². The quantitative estimate of drug-likeness (QED) is 0.828. The summed E-state index contributed by atoms with van der Waals surface area (Å²) in [5.41, 5.74) is 0.128. The van der Waals surface area contributed by atoms with Crippen molar-refractivity contribution in [3.63, 3.8) is 0 Å². The summed E-state index contributed by atoms with van der Waals surface area (Å²) in [6.07, 6.45) is 0. The van der Waals surface area contributed by atoms with E-state index in [0.29, 0.717) is 24.7 Å². The van der Waals surface area contributed by atoms with E-state index < -0.39 is 15.8 Å². The molecule has 0 aromatic heterocycles. The summed E-state index contributed by atoms with van der Waals surface area (Å²) >= 11 is 5.97. The first-order valence-corrected chi connectivity index (χ1v) is 9.00. The van der Waals surface area contributed by atoms with Gasteiger partial charge in [-0.1, -0.05) is 17.7 Å². The summed E-state index contributed by atoms with van der Waals surface area (Å²) in [7, 11) is -2.46. The van der Waals surface area contributed by atoms with Gasteiger partial charge in [-0.3, -0.25) is 0 Å². The molecule has 0 aliphatic carbocycles. The van der Waals surface area contributed by atoms with Crippen molar-refractivity contribution in [3.05, 3.63) is 52.8 Å². The lowest BCUT2D eigenvalue weighted by Crippen LogP contribution is -2.27. The van der Waals surface area contributed by atoms with Crippen LogP contribution in [0.2, 0.25) is 5.02 Å². The molecular weight excluding hydrogens is 357 g/mol. The van der Waals surface area contributed by atoms with Crippen molar-refractivity contribution in [2.75, 3.05) is 20.3 Å². The fraction of sp³-hybridized carbons (Fsp3) is 0.250. The minimum Gasteiger partial charge on any atom is -0.486 e. The minimum atomic E-state index is -3.83. The third-order valence-corrected chi connectivity index (χ3v) is 5.82. The van der Waals surface area contributed by atoms with Crippen LogP contribution in [0.1, 0.15) is 5.56 Å². The zero-order valence-electron chi connectivity index (χ0n) is 12.8. The minimum absolute atomic E-state index is 0.0433. The maximum absolute atomic E-state index is 13.9. The highest BCUT2D eigenvalue weighted by molar-refractivity contribution is 7.89. The number of hydrogen-bond acceptors (Lipinski definition) is 4. The number of fused-ring (bicyclic) bond motifs is 1. The lowest BCUT2D eigenvalue weighted by molar-refractivity contribution is 0.171. The molecule has 8 heteroatoms. The summed E-state index contributed by atoms with van der Waals surface area (Å²) in [5.74, 6) is 0.325. The van der Waals surface area contributed by atoms with Crippen LogP contribution in [0.25, 0.3) is 0 Å². The molecule has 5 nitrogen and oxygen atoms in total. The Bertz CT molecular complexity index is 852. The highest BCUT2D eigenvalue weighted by Gasteiger charge is 2.25. The lowest BCUT2D eigenvalue weighted by Gasteiger charge is -2.21. The maximum Gasteiger partial charge on any atom is 0.243 e. The lowest BCUT2D eigenvalue weighted by atomic mass is 10.2. The second-order valence-electron chi connectivity index (χ2n) is 5.27. The van der Waals surface area contributed by atoms with Gasteiger partial charge in [0.15, 0.2) is 11.5 Å². The molecule has 2 aromatic carbocycles. The van der Waals surface area contributed by atoms with Crippen LogP contribution < -0.4 is 9.47 Å². The van der Waals surface area contributed by atoms with E-state index in [2.05, 4.69) is 0 Å². The van der Waals surface area contributed by atoms with Gasteiger partial charge in [-0.2, -0.15) is 4.31 Å². The molecule has 2 aromatic rings. The molecule has 128 valence electrons. The number of benzene rings is 2. The predicted octanol–water partition coefficient (Wildman–Crippen LogP) is 3.07. The molecule has 0 radical (unpaired) electrons. The molecule has 0 amide bonds. The Labute approximate surface area is 144 Å². The Hall–Kier alpha value is -1.83. The summed E-state index contributed by atoms with van der Waals surface area (Å²) < 4.78 is 51.1. The van der Waals surface area contributed by atoms with Gasteiger partial charge in [0.05, 0.1) is 4.90 Å². The number of rotatable bonds is 4. The molecular formula is C16H15ClFNO4S. The molecule has 0 spiro atoms. The molecule has 0 bridgehead atoms. The average Bonchev–Trinajstić information content (AvgIpc) is 2.57. The summed E-state index contributed by atoms with van der Waals surface area (Å²) in [4.78, 5) is 0.0433. The van der Waals surface area contributed by atoms with Gasteiger partial charge in [-0.05, 0) is 24.3 Å². The summed E-state index contributed by atoms with van der Waals surface area (Å²) in [5, 5.41) is 0.180. The number of halogens is 2. The monoisotopic (exact) mass is 371 g/mol. The van der Waals surface area contributed by atoms with Crippen molar-refractivity contribution < 1.29 is 22.3 Å². The van der Waals surface area contributed by atoms with Gasteiger partial charge in [0.2, 0.25) is 10.0 Å². The van der Waals surface area contributed by atoms with Crippen LogP contribution in [0.5, 0.6) is 11.5 Å². The van der Waals surface area contributed by atoms with Gasteiger partial charge in [-0.15, -0.1) is 0 Å². The Balaban J connectivity index is 1.90. The zero-order valence-corrected chi connectivity index (χ0v) is 14.4. The highest BCUT2D eigenvalue weighted by Crippen LogP contribution is 2.33. The van der Waals surface area contributed by atoms with Crippen molar-refractivity contribution in [3.8, 4) is 11.5 Å². The first kappa shape index (κ1) is 17.0. The molecule has 3 rings (SSSR count). The predicted molar refractivity (Wildman–Crippen MR) is 87.5 cm³/mol. The maximum atomic E-state index is 13.9. The normalized spacial score (nSPS) is 14.0. The standard InChI is InChI=1S/C16H15ClFNO4S/c1-19(10-12-13(17)3-2-4-14(12)18)24(20,21)11-5-6-15-16(9-11)23-8-7-22-15/h2-6,9H,7-8,10H2,1H3. The molecule has 0 fully saturated rings. The van der Waals surface area contributed by atoms with Crippen molar-refractivity contribution in [1.29, 1.82) is 0 Å². The van der Waals surface area contributed by atoms with E-state index >= 15 is 0 Å². The first-order valence-electron chi connectivity index (χ1n) is 7.18. The van der Waals surface area contributed by atoms with Crippen LogP contribution in [0.15, 0.2) is 41.3 Å². The Morgan fingerprint density at radius 3 is 2.58 bits per heavy atom. The number of sulfonamides is 1. The Kier molecular flexibility index (Phi) is 4.67. The largest absolute Gasteiger partial charge is 0.486 e. The van der Waals surface area contributed by atoms with Crippen molar-refractivity contribution in [2.24, 2.45) is 0 Å². The molecule has 24 heavy (non-hydrogen) atoms. The molecule has 1 heterocycles. The van der Waals surface area contributed by atoms with E-state index in [-0.39, 0.29) is 22.0 Å². The third-order valence-electron chi connectivity index (χ3n) is 3.66. The molecule has 1 aliphatic heterocycles. The molecule has 0 N–H and O–H groups in total. The smallest absolute Gasteiger partial charge is 0.243 e. The second kappa shape index (κ2) is 6.58. The van der Waals surface area contributed by atoms with Crippen molar-refractivity contribution in [2.45, 2.75) is 11.4 Å². The number of nitrogens with zero attached hydrogens (tertiary/aromatic N) is 1. The fourth-order valence-electron chi connectivity index (χ4n) is 2.36. The third kappa shape index (κ3) is 3.19. The van der Waals surface area contributed by atoms with Gasteiger partial charge in [0, 0.05) is 30.2 Å². The van der Waals surface area contributed by atoms with Gasteiger partial charge in [0.25, 0.3) is 0 Å². The van der Waals surface area contributed by atoms with Gasteiger partial charge >= 0.3 is 0 Å². The van der Waals surface area contributed by atoms with Gasteiger partial charge in [0.1, 0.15) is 19.0 Å². The Morgan fingerprint density at radius 1 is 1.17 bits per heavy atom. The van der Waals surface area contributed by atoms with Crippen molar-refractivity contribution in [1.82, 2.24) is 4.31 Å². The molecule has 0 atom stereocenters. The van der Waals surface area contributed by atoms with Crippen LogP contribution in [-0.4, -0.2) is 33.0 Å². The van der Waals surface area contributed by atoms with Crippen LogP contribution in [0.4, 0.5) is 4.39 Å².